The van der Waals surface area contributed by atoms with Crippen LogP contribution in [0.15, 0.2) is 47.4 Å². The number of carbonyl (C=O) groups excluding carboxylic acids is 1. The largest absolute Gasteiger partial charge is 0.371 e. The molecule has 156 valence electrons. The molecule has 3 rings (SSSR count). The number of benzene rings is 2. The third-order valence-electron chi connectivity index (χ3n) is 5.16. The summed E-state index contributed by atoms with van der Waals surface area (Å²) < 4.78 is 26.3. The van der Waals surface area contributed by atoms with E-state index in [0.717, 1.165) is 41.5 Å². The summed E-state index contributed by atoms with van der Waals surface area (Å²) in [5.74, 6) is -0.301. The molecule has 1 aliphatic rings. The molecule has 8 heteroatoms. The van der Waals surface area contributed by atoms with Gasteiger partial charge < -0.3 is 10.2 Å². The van der Waals surface area contributed by atoms with E-state index in [1.165, 1.54) is 20.2 Å². The second-order valence-electron chi connectivity index (χ2n) is 7.41. The number of hydrogen-bond acceptors (Lipinski definition) is 4. The molecule has 0 bridgehead atoms. The van der Waals surface area contributed by atoms with Gasteiger partial charge in [0.2, 0.25) is 10.0 Å². The zero-order chi connectivity index (χ0) is 21.2. The molecule has 0 radical (unpaired) electrons. The van der Waals surface area contributed by atoms with Crippen LogP contribution in [-0.4, -0.2) is 45.8 Å². The SMILES string of the molecule is CC(NC(=O)c1cc(S(=O)(=O)N(C)C)ccc1N1CCCC1)c1ccc(Cl)cc1. The Bertz CT molecular complexity index is 985. The Morgan fingerprint density at radius 2 is 1.72 bits per heavy atom. The van der Waals surface area contributed by atoms with E-state index in [9.17, 15) is 13.2 Å². The van der Waals surface area contributed by atoms with E-state index in [0.29, 0.717) is 10.6 Å². The zero-order valence-corrected chi connectivity index (χ0v) is 18.4. The minimum Gasteiger partial charge on any atom is -0.371 e. The first-order valence-corrected chi connectivity index (χ1v) is 11.4. The van der Waals surface area contributed by atoms with Gasteiger partial charge in [-0.25, -0.2) is 12.7 Å². The van der Waals surface area contributed by atoms with Crippen LogP contribution in [0, 0.1) is 0 Å². The Morgan fingerprint density at radius 1 is 1.10 bits per heavy atom. The lowest BCUT2D eigenvalue weighted by Gasteiger charge is -2.23. The fraction of sp³-hybridized carbons (Fsp3) is 0.381. The van der Waals surface area contributed by atoms with Gasteiger partial charge in [-0.05, 0) is 55.7 Å². The van der Waals surface area contributed by atoms with E-state index in [2.05, 4.69) is 10.2 Å². The number of anilines is 1. The number of nitrogens with one attached hydrogen (secondary N) is 1. The molecule has 1 saturated heterocycles. The lowest BCUT2D eigenvalue weighted by molar-refractivity contribution is 0.0940. The number of carbonyl (C=O) groups is 1. The molecular formula is C21H26ClN3O3S. The van der Waals surface area contributed by atoms with Crippen molar-refractivity contribution in [3.8, 4) is 0 Å². The van der Waals surface area contributed by atoms with Crippen molar-refractivity contribution in [2.24, 2.45) is 0 Å². The second-order valence-corrected chi connectivity index (χ2v) is 10.00. The van der Waals surface area contributed by atoms with Crippen LogP contribution in [0.3, 0.4) is 0 Å². The number of amides is 1. The summed E-state index contributed by atoms with van der Waals surface area (Å²) in [4.78, 5) is 15.4. The van der Waals surface area contributed by atoms with Crippen molar-refractivity contribution in [2.45, 2.75) is 30.7 Å². The Hall–Kier alpha value is -2.09. The third kappa shape index (κ3) is 4.74. The fourth-order valence-electron chi connectivity index (χ4n) is 3.41. The fourth-order valence-corrected chi connectivity index (χ4v) is 4.47. The first-order chi connectivity index (χ1) is 13.7. The van der Waals surface area contributed by atoms with Crippen LogP contribution in [-0.2, 0) is 10.0 Å². The lowest BCUT2D eigenvalue weighted by atomic mass is 10.1. The van der Waals surface area contributed by atoms with Gasteiger partial charge in [-0.15, -0.1) is 0 Å². The number of nitrogens with zero attached hydrogens (tertiary/aromatic N) is 2. The monoisotopic (exact) mass is 435 g/mol. The molecule has 0 aromatic heterocycles. The smallest absolute Gasteiger partial charge is 0.253 e. The molecule has 1 fully saturated rings. The van der Waals surface area contributed by atoms with Gasteiger partial charge in [-0.3, -0.25) is 4.79 Å². The van der Waals surface area contributed by atoms with E-state index in [-0.39, 0.29) is 16.8 Å². The maximum Gasteiger partial charge on any atom is 0.253 e. The van der Waals surface area contributed by atoms with Crippen molar-refractivity contribution >= 4 is 33.2 Å². The van der Waals surface area contributed by atoms with Crippen LogP contribution < -0.4 is 10.2 Å². The summed E-state index contributed by atoms with van der Waals surface area (Å²) in [6.45, 7) is 3.59. The maximum atomic E-state index is 13.1. The average molecular weight is 436 g/mol. The number of sulfonamides is 1. The van der Waals surface area contributed by atoms with Crippen LogP contribution in [0.1, 0.15) is 41.7 Å². The highest BCUT2D eigenvalue weighted by molar-refractivity contribution is 7.89. The third-order valence-corrected chi connectivity index (χ3v) is 7.22. The summed E-state index contributed by atoms with van der Waals surface area (Å²) in [6, 6.07) is 11.8. The summed E-state index contributed by atoms with van der Waals surface area (Å²) in [5, 5.41) is 3.62. The summed E-state index contributed by atoms with van der Waals surface area (Å²) in [5.41, 5.74) is 2.05. The zero-order valence-electron chi connectivity index (χ0n) is 16.9. The van der Waals surface area contributed by atoms with Gasteiger partial charge in [0.1, 0.15) is 0 Å². The molecule has 1 amide bonds. The summed E-state index contributed by atoms with van der Waals surface area (Å²) >= 11 is 5.94. The Balaban J connectivity index is 1.95. The van der Waals surface area contributed by atoms with Crippen LogP contribution in [0.5, 0.6) is 0 Å². The molecule has 0 aliphatic carbocycles. The molecule has 0 saturated carbocycles. The van der Waals surface area contributed by atoms with Gasteiger partial charge in [-0.2, -0.15) is 0 Å². The highest BCUT2D eigenvalue weighted by Crippen LogP contribution is 2.29. The lowest BCUT2D eigenvalue weighted by Crippen LogP contribution is -2.30. The predicted molar refractivity (Wildman–Crippen MR) is 116 cm³/mol. The van der Waals surface area contributed by atoms with Gasteiger partial charge in [0.25, 0.3) is 5.91 Å². The highest BCUT2D eigenvalue weighted by Gasteiger charge is 2.25. The molecule has 2 aromatic carbocycles. The molecule has 1 atom stereocenters. The Kier molecular flexibility index (Phi) is 6.51. The minimum atomic E-state index is -3.64. The maximum absolute atomic E-state index is 13.1. The number of hydrogen-bond donors (Lipinski definition) is 1. The van der Waals surface area contributed by atoms with Gasteiger partial charge in [-0.1, -0.05) is 23.7 Å². The van der Waals surface area contributed by atoms with Crippen LogP contribution in [0.25, 0.3) is 0 Å². The van der Waals surface area contributed by atoms with Gasteiger partial charge in [0.05, 0.1) is 16.5 Å². The second kappa shape index (κ2) is 8.73. The molecule has 1 aliphatic heterocycles. The predicted octanol–water partition coefficient (Wildman–Crippen LogP) is 3.68. The first-order valence-electron chi connectivity index (χ1n) is 9.58. The topological polar surface area (TPSA) is 69.7 Å². The van der Waals surface area contributed by atoms with Gasteiger partial charge in [0.15, 0.2) is 0 Å². The standard InChI is InChI=1S/C21H26ClN3O3S/c1-15(16-6-8-17(22)9-7-16)23-21(26)19-14-18(29(27,28)24(2)3)10-11-20(19)25-12-4-5-13-25/h6-11,14-15H,4-5,12-13H2,1-3H3,(H,23,26). The van der Waals surface area contributed by atoms with Crippen LogP contribution in [0.2, 0.25) is 5.02 Å². The van der Waals surface area contributed by atoms with E-state index in [1.54, 1.807) is 24.3 Å². The molecule has 1 unspecified atom stereocenters. The van der Waals surface area contributed by atoms with E-state index >= 15 is 0 Å². The number of rotatable bonds is 6. The minimum absolute atomic E-state index is 0.106. The molecule has 29 heavy (non-hydrogen) atoms. The van der Waals surface area contributed by atoms with E-state index < -0.39 is 10.0 Å². The van der Waals surface area contributed by atoms with E-state index in [4.69, 9.17) is 11.6 Å². The van der Waals surface area contributed by atoms with Crippen molar-refractivity contribution in [1.82, 2.24) is 9.62 Å². The molecule has 1 N–H and O–H groups in total. The Morgan fingerprint density at radius 3 is 2.31 bits per heavy atom. The normalized spacial score (nSPS) is 15.6. The van der Waals surface area contributed by atoms with Gasteiger partial charge >= 0.3 is 0 Å². The van der Waals surface area contributed by atoms with Crippen molar-refractivity contribution in [3.63, 3.8) is 0 Å². The van der Waals surface area contributed by atoms with Crippen LogP contribution >= 0.6 is 11.6 Å². The molecular weight excluding hydrogens is 410 g/mol. The van der Waals surface area contributed by atoms with Crippen molar-refractivity contribution in [1.29, 1.82) is 0 Å². The van der Waals surface area contributed by atoms with Crippen molar-refractivity contribution in [2.75, 3.05) is 32.1 Å². The number of halogens is 1. The molecule has 0 spiro atoms. The van der Waals surface area contributed by atoms with Crippen molar-refractivity contribution < 1.29 is 13.2 Å². The Labute approximate surface area is 177 Å². The first kappa shape index (κ1) is 21.6. The summed E-state index contributed by atoms with van der Waals surface area (Å²) in [7, 11) is -0.682. The summed E-state index contributed by atoms with van der Waals surface area (Å²) in [6.07, 6.45) is 2.11. The molecule has 1 heterocycles. The molecule has 6 nitrogen and oxygen atoms in total. The van der Waals surface area contributed by atoms with E-state index in [1.807, 2.05) is 19.1 Å². The highest BCUT2D eigenvalue weighted by atomic mass is 35.5. The molecule has 2 aromatic rings. The van der Waals surface area contributed by atoms with Crippen LogP contribution in [0.4, 0.5) is 5.69 Å². The van der Waals surface area contributed by atoms with Gasteiger partial charge in [0, 0.05) is 37.9 Å². The quantitative estimate of drug-likeness (QED) is 0.751. The van der Waals surface area contributed by atoms with Crippen molar-refractivity contribution in [3.05, 3.63) is 58.6 Å². The average Bonchev–Trinajstić information content (AvgIpc) is 3.22.